The molecule has 1 saturated heterocycles. The van der Waals surface area contributed by atoms with E-state index >= 15 is 0 Å². The molecule has 1 atom stereocenters. The van der Waals surface area contributed by atoms with Crippen LogP contribution in [0.5, 0.6) is 0 Å². The van der Waals surface area contributed by atoms with E-state index < -0.39 is 10.2 Å². The van der Waals surface area contributed by atoms with Crippen molar-refractivity contribution in [3.8, 4) is 0 Å². The second kappa shape index (κ2) is 8.35. The van der Waals surface area contributed by atoms with Crippen LogP contribution < -0.4 is 4.72 Å². The van der Waals surface area contributed by atoms with Gasteiger partial charge >= 0.3 is 0 Å². The van der Waals surface area contributed by atoms with Gasteiger partial charge in [-0.3, -0.25) is 0 Å². The lowest BCUT2D eigenvalue weighted by atomic mass is 10.1. The van der Waals surface area contributed by atoms with E-state index in [-0.39, 0.29) is 6.04 Å². The van der Waals surface area contributed by atoms with Gasteiger partial charge in [0.25, 0.3) is 10.2 Å². The summed E-state index contributed by atoms with van der Waals surface area (Å²) in [5.41, 5.74) is 0. The van der Waals surface area contributed by atoms with Crippen molar-refractivity contribution in [2.24, 2.45) is 0 Å². The first-order valence-electron chi connectivity index (χ1n) is 6.90. The third kappa shape index (κ3) is 5.43. The average Bonchev–Trinajstić information content (AvgIpc) is 2.34. The molecule has 1 fully saturated rings. The summed E-state index contributed by atoms with van der Waals surface area (Å²) < 4.78 is 28.5. The first-order valence-corrected chi connectivity index (χ1v) is 8.88. The smallest absolute Gasteiger partial charge is 0.202 e. The Hall–Kier alpha value is 0.160. The number of halogens is 1. The predicted molar refractivity (Wildman–Crippen MR) is 76.1 cm³/mol. The Morgan fingerprint density at radius 3 is 2.61 bits per heavy atom. The first kappa shape index (κ1) is 16.2. The Balaban J connectivity index is 2.26. The van der Waals surface area contributed by atoms with E-state index in [1.165, 1.54) is 0 Å². The molecule has 108 valence electrons. The van der Waals surface area contributed by atoms with Gasteiger partial charge in [-0.1, -0.05) is 19.3 Å². The van der Waals surface area contributed by atoms with Crippen molar-refractivity contribution in [3.05, 3.63) is 0 Å². The van der Waals surface area contributed by atoms with Crippen LogP contribution in [0.3, 0.4) is 0 Å². The molecule has 4 nitrogen and oxygen atoms in total. The molecule has 1 aliphatic rings. The van der Waals surface area contributed by atoms with Crippen molar-refractivity contribution < 1.29 is 8.42 Å². The standard InChI is InChI=1S/C12H25ClN2O2S/c1-12-8-4-7-11-15(12)18(16,17)14-10-6-3-2-5-9-13/h12,14H,2-11H2,1H3. The Morgan fingerprint density at radius 1 is 1.22 bits per heavy atom. The lowest BCUT2D eigenvalue weighted by Crippen LogP contribution is -2.48. The molecule has 0 spiro atoms. The van der Waals surface area contributed by atoms with Crippen LogP contribution in [0.4, 0.5) is 0 Å². The zero-order valence-corrected chi connectivity index (χ0v) is 12.8. The van der Waals surface area contributed by atoms with Gasteiger partial charge in [0, 0.05) is 25.0 Å². The van der Waals surface area contributed by atoms with E-state index in [0.717, 1.165) is 44.9 Å². The monoisotopic (exact) mass is 296 g/mol. The topological polar surface area (TPSA) is 49.4 Å². The lowest BCUT2D eigenvalue weighted by Gasteiger charge is -2.32. The van der Waals surface area contributed by atoms with E-state index in [4.69, 9.17) is 11.6 Å². The number of piperidine rings is 1. The van der Waals surface area contributed by atoms with Gasteiger partial charge in [0.2, 0.25) is 0 Å². The Morgan fingerprint density at radius 2 is 1.94 bits per heavy atom. The number of unbranched alkanes of at least 4 members (excludes halogenated alkanes) is 3. The summed E-state index contributed by atoms with van der Waals surface area (Å²) in [7, 11) is -3.27. The molecule has 0 bridgehead atoms. The minimum Gasteiger partial charge on any atom is -0.202 e. The van der Waals surface area contributed by atoms with Crippen molar-refractivity contribution in [2.75, 3.05) is 19.0 Å². The largest absolute Gasteiger partial charge is 0.279 e. The van der Waals surface area contributed by atoms with E-state index in [2.05, 4.69) is 4.72 Å². The predicted octanol–water partition coefficient (Wildman–Crippen LogP) is 2.49. The van der Waals surface area contributed by atoms with Crippen LogP contribution in [-0.4, -0.2) is 37.7 Å². The summed E-state index contributed by atoms with van der Waals surface area (Å²) in [5.74, 6) is 0.691. The first-order chi connectivity index (χ1) is 8.58. The van der Waals surface area contributed by atoms with Gasteiger partial charge in [-0.2, -0.15) is 12.7 Å². The maximum absolute atomic E-state index is 12.1. The lowest BCUT2D eigenvalue weighted by molar-refractivity contribution is 0.265. The molecular weight excluding hydrogens is 272 g/mol. The normalized spacial score (nSPS) is 22.2. The molecule has 1 aliphatic heterocycles. The molecule has 0 saturated carbocycles. The molecule has 0 aromatic heterocycles. The molecule has 18 heavy (non-hydrogen) atoms. The van der Waals surface area contributed by atoms with Crippen LogP contribution in [0.15, 0.2) is 0 Å². The number of rotatable bonds is 8. The summed E-state index contributed by atoms with van der Waals surface area (Å²) in [6.45, 7) is 3.18. The van der Waals surface area contributed by atoms with Crippen LogP contribution in [-0.2, 0) is 10.2 Å². The van der Waals surface area contributed by atoms with Crippen molar-refractivity contribution in [2.45, 2.75) is 57.9 Å². The molecular formula is C12H25ClN2O2S. The van der Waals surface area contributed by atoms with E-state index in [1.54, 1.807) is 4.31 Å². The highest BCUT2D eigenvalue weighted by molar-refractivity contribution is 7.87. The Labute approximate surface area is 116 Å². The number of nitrogens with one attached hydrogen (secondary N) is 1. The minimum absolute atomic E-state index is 0.132. The molecule has 1 heterocycles. The summed E-state index contributed by atoms with van der Waals surface area (Å²) in [6.07, 6.45) is 7.08. The van der Waals surface area contributed by atoms with Gasteiger partial charge < -0.3 is 0 Å². The van der Waals surface area contributed by atoms with Crippen LogP contribution in [0, 0.1) is 0 Å². The second-order valence-electron chi connectivity index (χ2n) is 4.96. The number of hydrogen-bond donors (Lipinski definition) is 1. The summed E-state index contributed by atoms with van der Waals surface area (Å²) in [6, 6.07) is 0.132. The Kier molecular flexibility index (Phi) is 7.53. The number of alkyl halides is 1. The van der Waals surface area contributed by atoms with Crippen molar-refractivity contribution in [3.63, 3.8) is 0 Å². The minimum atomic E-state index is -3.27. The van der Waals surface area contributed by atoms with Gasteiger partial charge in [0.15, 0.2) is 0 Å². The maximum Gasteiger partial charge on any atom is 0.279 e. The number of nitrogens with zero attached hydrogens (tertiary/aromatic N) is 1. The van der Waals surface area contributed by atoms with E-state index in [1.807, 2.05) is 6.92 Å². The average molecular weight is 297 g/mol. The second-order valence-corrected chi connectivity index (χ2v) is 7.04. The zero-order valence-electron chi connectivity index (χ0n) is 11.2. The van der Waals surface area contributed by atoms with Crippen molar-refractivity contribution in [1.82, 2.24) is 9.03 Å². The van der Waals surface area contributed by atoms with E-state index in [0.29, 0.717) is 19.0 Å². The molecule has 1 N–H and O–H groups in total. The molecule has 0 aliphatic carbocycles. The summed E-state index contributed by atoms with van der Waals surface area (Å²) >= 11 is 5.59. The van der Waals surface area contributed by atoms with Crippen LogP contribution in [0.1, 0.15) is 51.9 Å². The van der Waals surface area contributed by atoms with Gasteiger partial charge in [0.05, 0.1) is 0 Å². The maximum atomic E-state index is 12.1. The molecule has 0 radical (unpaired) electrons. The quantitative estimate of drug-likeness (QED) is 0.553. The fourth-order valence-electron chi connectivity index (χ4n) is 2.29. The zero-order chi connectivity index (χ0) is 13.4. The van der Waals surface area contributed by atoms with E-state index in [9.17, 15) is 8.42 Å². The van der Waals surface area contributed by atoms with Crippen LogP contribution >= 0.6 is 11.6 Å². The third-order valence-electron chi connectivity index (χ3n) is 3.40. The SMILES string of the molecule is CC1CCCCN1S(=O)(=O)NCCCCCCCl. The molecule has 0 aromatic rings. The van der Waals surface area contributed by atoms with Gasteiger partial charge in [-0.25, -0.2) is 4.72 Å². The highest BCUT2D eigenvalue weighted by Gasteiger charge is 2.28. The van der Waals surface area contributed by atoms with Gasteiger partial charge in [0.1, 0.15) is 0 Å². The highest BCUT2D eigenvalue weighted by Crippen LogP contribution is 2.18. The van der Waals surface area contributed by atoms with Crippen LogP contribution in [0.25, 0.3) is 0 Å². The summed E-state index contributed by atoms with van der Waals surface area (Å²) in [5, 5.41) is 0. The molecule has 0 aromatic carbocycles. The van der Waals surface area contributed by atoms with Crippen molar-refractivity contribution >= 4 is 21.8 Å². The van der Waals surface area contributed by atoms with Gasteiger partial charge in [-0.05, 0) is 32.6 Å². The third-order valence-corrected chi connectivity index (χ3v) is 5.39. The Bertz CT molecular complexity index is 322. The highest BCUT2D eigenvalue weighted by atomic mass is 35.5. The fourth-order valence-corrected chi connectivity index (χ4v) is 3.99. The number of hydrogen-bond acceptors (Lipinski definition) is 2. The molecule has 1 rings (SSSR count). The van der Waals surface area contributed by atoms with Crippen molar-refractivity contribution in [1.29, 1.82) is 0 Å². The van der Waals surface area contributed by atoms with Crippen LogP contribution in [0.2, 0.25) is 0 Å². The van der Waals surface area contributed by atoms with Gasteiger partial charge in [-0.15, -0.1) is 11.6 Å². The molecule has 1 unspecified atom stereocenters. The summed E-state index contributed by atoms with van der Waals surface area (Å²) in [4.78, 5) is 0. The molecule has 0 amide bonds. The fraction of sp³-hybridized carbons (Fsp3) is 1.00. The molecule has 6 heteroatoms.